The minimum atomic E-state index is 0.714. The molecule has 0 bridgehead atoms. The predicted molar refractivity (Wildman–Crippen MR) is 144 cm³/mol. The average Bonchev–Trinajstić information content (AvgIpc) is 2.85. The fraction of sp³-hybridized carbons (Fsp3) is 0.567. The summed E-state index contributed by atoms with van der Waals surface area (Å²) in [5.41, 5.74) is 10.9. The number of rotatable bonds is 4. The number of anilines is 1. The van der Waals surface area contributed by atoms with Gasteiger partial charge in [-0.1, -0.05) is 68.5 Å². The highest BCUT2D eigenvalue weighted by molar-refractivity contribution is 5.87. The Bertz CT molecular complexity index is 952. The van der Waals surface area contributed by atoms with Crippen LogP contribution in [-0.4, -0.2) is 41.3 Å². The molecule has 0 spiro atoms. The molecule has 2 aliphatic heterocycles. The van der Waals surface area contributed by atoms with Gasteiger partial charge in [0.05, 0.1) is 11.4 Å². The van der Waals surface area contributed by atoms with Gasteiger partial charge in [-0.25, -0.2) is 4.99 Å². The lowest BCUT2D eigenvalue weighted by Crippen LogP contribution is -2.43. The van der Waals surface area contributed by atoms with E-state index in [0.717, 1.165) is 43.3 Å². The van der Waals surface area contributed by atoms with Crippen molar-refractivity contribution in [2.45, 2.75) is 83.2 Å². The highest BCUT2D eigenvalue weighted by Crippen LogP contribution is 2.31. The standard InChI is InChI=1S/C30H42N4/c31-28-14-8-9-15-29(28)32-30(34-21-18-25-10-6-7-11-26(25)23-34)22-24-16-19-33(20-17-24)27-12-4-2-1-3-5-13-27/h6-11,14-15,24,27H,1-5,12-13,16-23,31H2/b32-30+. The van der Waals surface area contributed by atoms with Gasteiger partial charge in [0, 0.05) is 25.6 Å². The van der Waals surface area contributed by atoms with Crippen LogP contribution < -0.4 is 5.73 Å². The Hall–Kier alpha value is -2.33. The van der Waals surface area contributed by atoms with Crippen molar-refractivity contribution in [2.75, 3.05) is 25.4 Å². The maximum Gasteiger partial charge on any atom is 0.105 e. The van der Waals surface area contributed by atoms with E-state index in [1.807, 2.05) is 18.2 Å². The summed E-state index contributed by atoms with van der Waals surface area (Å²) in [7, 11) is 0. The van der Waals surface area contributed by atoms with Gasteiger partial charge in [-0.15, -0.1) is 0 Å². The second-order valence-electron chi connectivity index (χ2n) is 10.7. The first kappa shape index (κ1) is 23.4. The molecule has 1 saturated carbocycles. The predicted octanol–water partition coefficient (Wildman–Crippen LogP) is 6.57. The van der Waals surface area contributed by atoms with E-state index >= 15 is 0 Å². The molecule has 5 rings (SSSR count). The van der Waals surface area contributed by atoms with Gasteiger partial charge < -0.3 is 15.5 Å². The Morgan fingerprint density at radius 2 is 1.47 bits per heavy atom. The van der Waals surface area contributed by atoms with E-state index in [2.05, 4.69) is 40.1 Å². The molecule has 1 aliphatic carbocycles. The van der Waals surface area contributed by atoms with Crippen LogP contribution in [0.1, 0.15) is 75.3 Å². The molecule has 0 radical (unpaired) electrons. The minimum Gasteiger partial charge on any atom is -0.397 e. The number of nitrogens with two attached hydrogens (primary N) is 1. The molecule has 2 N–H and O–H groups in total. The van der Waals surface area contributed by atoms with Crippen LogP contribution in [0.4, 0.5) is 11.4 Å². The van der Waals surface area contributed by atoms with E-state index in [1.54, 1.807) is 0 Å². The number of nitrogen functional groups attached to an aromatic ring is 1. The molecule has 4 nitrogen and oxygen atoms in total. The van der Waals surface area contributed by atoms with Crippen LogP contribution in [0.25, 0.3) is 0 Å². The minimum absolute atomic E-state index is 0.714. The molecule has 2 aromatic carbocycles. The fourth-order valence-electron chi connectivity index (χ4n) is 6.27. The van der Waals surface area contributed by atoms with Gasteiger partial charge in [0.2, 0.25) is 0 Å². The molecule has 34 heavy (non-hydrogen) atoms. The highest BCUT2D eigenvalue weighted by atomic mass is 15.2. The molecule has 0 unspecified atom stereocenters. The van der Waals surface area contributed by atoms with Gasteiger partial charge in [0.1, 0.15) is 5.84 Å². The molecular formula is C30H42N4. The lowest BCUT2D eigenvalue weighted by atomic mass is 9.89. The molecule has 0 aromatic heterocycles. The number of benzene rings is 2. The Kier molecular flexibility index (Phi) is 7.85. The van der Waals surface area contributed by atoms with Crippen molar-refractivity contribution in [3.63, 3.8) is 0 Å². The molecule has 2 aromatic rings. The molecule has 182 valence electrons. The van der Waals surface area contributed by atoms with E-state index in [9.17, 15) is 0 Å². The molecule has 3 aliphatic rings. The van der Waals surface area contributed by atoms with Crippen LogP contribution in [0.15, 0.2) is 53.5 Å². The van der Waals surface area contributed by atoms with E-state index in [4.69, 9.17) is 10.7 Å². The first-order chi connectivity index (χ1) is 16.8. The quantitative estimate of drug-likeness (QED) is 0.320. The zero-order chi connectivity index (χ0) is 23.2. The van der Waals surface area contributed by atoms with Gasteiger partial charge in [0.25, 0.3) is 0 Å². The third-order valence-electron chi connectivity index (χ3n) is 8.39. The van der Waals surface area contributed by atoms with Crippen LogP contribution >= 0.6 is 0 Å². The summed E-state index contributed by atoms with van der Waals surface area (Å²) in [5.74, 6) is 1.95. The number of para-hydroxylation sites is 2. The van der Waals surface area contributed by atoms with Gasteiger partial charge in [-0.2, -0.15) is 0 Å². The molecule has 2 heterocycles. The summed E-state index contributed by atoms with van der Waals surface area (Å²) in [6.07, 6.45) is 14.8. The molecule has 0 atom stereocenters. The zero-order valence-electron chi connectivity index (χ0n) is 20.8. The third-order valence-corrected chi connectivity index (χ3v) is 8.39. The second kappa shape index (κ2) is 11.4. The normalized spacial score (nSPS) is 21.6. The van der Waals surface area contributed by atoms with Crippen molar-refractivity contribution in [3.8, 4) is 0 Å². The molecular weight excluding hydrogens is 416 g/mol. The highest BCUT2D eigenvalue weighted by Gasteiger charge is 2.28. The van der Waals surface area contributed by atoms with Crippen LogP contribution in [0.5, 0.6) is 0 Å². The lowest BCUT2D eigenvalue weighted by Gasteiger charge is -2.39. The monoisotopic (exact) mass is 458 g/mol. The van der Waals surface area contributed by atoms with Crippen molar-refractivity contribution in [2.24, 2.45) is 10.9 Å². The summed E-state index contributed by atoms with van der Waals surface area (Å²) in [6.45, 7) is 4.53. The van der Waals surface area contributed by atoms with Gasteiger partial charge in [-0.05, 0) is 74.4 Å². The van der Waals surface area contributed by atoms with Gasteiger partial charge in [-0.3, -0.25) is 0 Å². The Morgan fingerprint density at radius 1 is 0.794 bits per heavy atom. The van der Waals surface area contributed by atoms with Crippen molar-refractivity contribution in [1.82, 2.24) is 9.80 Å². The second-order valence-corrected chi connectivity index (χ2v) is 10.7. The van der Waals surface area contributed by atoms with Crippen molar-refractivity contribution >= 4 is 17.2 Å². The number of piperidine rings is 1. The number of nitrogens with zero attached hydrogens (tertiary/aromatic N) is 3. The first-order valence-corrected chi connectivity index (χ1v) is 13.7. The molecule has 2 fully saturated rings. The van der Waals surface area contributed by atoms with Crippen molar-refractivity contribution in [3.05, 3.63) is 59.7 Å². The van der Waals surface area contributed by atoms with E-state index < -0.39 is 0 Å². The van der Waals surface area contributed by atoms with E-state index in [-0.39, 0.29) is 0 Å². The molecule has 4 heteroatoms. The number of fused-ring (bicyclic) bond motifs is 1. The topological polar surface area (TPSA) is 44.9 Å². The largest absolute Gasteiger partial charge is 0.397 e. The SMILES string of the molecule is Nc1ccccc1/N=C(\CC1CCN(C2CCCCCCC2)CC1)N1CCc2ccccc2C1. The maximum atomic E-state index is 6.30. The van der Waals surface area contributed by atoms with Crippen molar-refractivity contribution in [1.29, 1.82) is 0 Å². The number of hydrogen-bond acceptors (Lipinski definition) is 3. The van der Waals surface area contributed by atoms with E-state index in [1.165, 1.54) is 87.8 Å². The smallest absolute Gasteiger partial charge is 0.105 e. The summed E-state index contributed by atoms with van der Waals surface area (Å²) in [5, 5.41) is 0. The third kappa shape index (κ3) is 5.83. The molecule has 0 amide bonds. The summed E-state index contributed by atoms with van der Waals surface area (Å²) >= 11 is 0. The maximum absolute atomic E-state index is 6.30. The van der Waals surface area contributed by atoms with E-state index in [0.29, 0.717) is 5.92 Å². The summed E-state index contributed by atoms with van der Waals surface area (Å²) in [4.78, 5) is 10.5. The zero-order valence-corrected chi connectivity index (χ0v) is 20.8. The summed E-state index contributed by atoms with van der Waals surface area (Å²) in [6, 6.07) is 17.8. The fourth-order valence-corrected chi connectivity index (χ4v) is 6.27. The lowest BCUT2D eigenvalue weighted by molar-refractivity contribution is 0.114. The number of hydrogen-bond donors (Lipinski definition) is 1. The van der Waals surface area contributed by atoms with Gasteiger partial charge in [0.15, 0.2) is 0 Å². The number of likely N-dealkylation sites (tertiary alicyclic amines) is 1. The van der Waals surface area contributed by atoms with Crippen LogP contribution in [0, 0.1) is 5.92 Å². The first-order valence-electron chi connectivity index (χ1n) is 13.7. The van der Waals surface area contributed by atoms with Crippen LogP contribution in [0.3, 0.4) is 0 Å². The summed E-state index contributed by atoms with van der Waals surface area (Å²) < 4.78 is 0. The number of aliphatic imine (C=N–C) groups is 1. The van der Waals surface area contributed by atoms with Crippen LogP contribution in [0.2, 0.25) is 0 Å². The van der Waals surface area contributed by atoms with Crippen LogP contribution in [-0.2, 0) is 13.0 Å². The van der Waals surface area contributed by atoms with Gasteiger partial charge >= 0.3 is 0 Å². The molecule has 1 saturated heterocycles. The Morgan fingerprint density at radius 3 is 2.24 bits per heavy atom. The Labute approximate surface area is 206 Å². The number of amidine groups is 1. The van der Waals surface area contributed by atoms with Crippen molar-refractivity contribution < 1.29 is 0 Å². The Balaban J connectivity index is 1.27. The average molecular weight is 459 g/mol.